The molecule has 2 heteroatoms. The normalized spacial score (nSPS) is 15.2. The van der Waals surface area contributed by atoms with Gasteiger partial charge in [0.05, 0.1) is 5.69 Å². The molecule has 0 radical (unpaired) electrons. The van der Waals surface area contributed by atoms with Crippen LogP contribution in [0.1, 0.15) is 35.1 Å². The molecule has 10 rings (SSSR count). The second-order valence-corrected chi connectivity index (χ2v) is 15.4. The summed E-state index contributed by atoms with van der Waals surface area (Å²) in [5, 5.41) is 4.70. The van der Waals surface area contributed by atoms with Gasteiger partial charge < -0.3 is 9.32 Å². The van der Waals surface area contributed by atoms with Gasteiger partial charge in [-0.15, -0.1) is 0 Å². The van der Waals surface area contributed by atoms with Crippen molar-refractivity contribution in [3.63, 3.8) is 0 Å². The highest BCUT2D eigenvalue weighted by atomic mass is 16.3. The van der Waals surface area contributed by atoms with Crippen molar-refractivity contribution in [3.05, 3.63) is 235 Å². The summed E-state index contributed by atoms with van der Waals surface area (Å²) in [6.45, 7) is 9.09. The first-order valence-corrected chi connectivity index (χ1v) is 20.1. The van der Waals surface area contributed by atoms with Crippen LogP contribution >= 0.6 is 0 Å². The van der Waals surface area contributed by atoms with E-state index >= 15 is 0 Å². The zero-order chi connectivity index (χ0) is 39.2. The Morgan fingerprint density at radius 1 is 0.586 bits per heavy atom. The molecule has 0 bridgehead atoms. The number of anilines is 2. The van der Waals surface area contributed by atoms with E-state index < -0.39 is 0 Å². The van der Waals surface area contributed by atoms with E-state index in [1.54, 1.807) is 0 Å². The summed E-state index contributed by atoms with van der Waals surface area (Å²) >= 11 is 0. The lowest BCUT2D eigenvalue weighted by Gasteiger charge is -2.36. The molecule has 2 unspecified atom stereocenters. The summed E-state index contributed by atoms with van der Waals surface area (Å²) < 4.78 is 6.62. The molecule has 2 nitrogen and oxygen atoms in total. The van der Waals surface area contributed by atoms with Gasteiger partial charge in [-0.05, 0) is 111 Å². The third-order valence-electron chi connectivity index (χ3n) is 12.0. The second-order valence-electron chi connectivity index (χ2n) is 15.4. The van der Waals surface area contributed by atoms with Crippen molar-refractivity contribution in [2.24, 2.45) is 5.92 Å². The fourth-order valence-corrected chi connectivity index (χ4v) is 8.92. The molecule has 58 heavy (non-hydrogen) atoms. The maximum absolute atomic E-state index is 6.62. The summed E-state index contributed by atoms with van der Waals surface area (Å²) in [7, 11) is 0. The Hall–Kier alpha value is -7.16. The molecule has 1 aromatic heterocycles. The van der Waals surface area contributed by atoms with Gasteiger partial charge in [0.15, 0.2) is 0 Å². The minimum Gasteiger partial charge on any atom is -0.456 e. The van der Waals surface area contributed by atoms with Crippen molar-refractivity contribution in [3.8, 4) is 22.3 Å². The van der Waals surface area contributed by atoms with Crippen LogP contribution in [-0.4, -0.2) is 0 Å². The number of furan rings is 1. The van der Waals surface area contributed by atoms with E-state index in [0.717, 1.165) is 55.5 Å². The van der Waals surface area contributed by atoms with Crippen molar-refractivity contribution < 1.29 is 4.42 Å². The molecular formula is C56H43NO. The van der Waals surface area contributed by atoms with Gasteiger partial charge in [-0.1, -0.05) is 165 Å². The molecule has 0 saturated heterocycles. The number of rotatable bonds is 8. The minimum atomic E-state index is 0.165. The molecule has 8 aromatic carbocycles. The number of aryl methyl sites for hydroxylation is 1. The summed E-state index contributed by atoms with van der Waals surface area (Å²) in [6.07, 6.45) is 6.85. The van der Waals surface area contributed by atoms with E-state index in [9.17, 15) is 0 Å². The zero-order valence-electron chi connectivity index (χ0n) is 32.8. The quantitative estimate of drug-likeness (QED) is 0.154. The number of fused-ring (bicyclic) bond motifs is 4. The Bertz CT molecular complexity index is 3050. The third-order valence-corrected chi connectivity index (χ3v) is 12.0. The van der Waals surface area contributed by atoms with Crippen LogP contribution in [0, 0.1) is 12.8 Å². The highest BCUT2D eigenvalue weighted by Gasteiger charge is 2.29. The number of benzene rings is 8. The summed E-state index contributed by atoms with van der Waals surface area (Å²) in [6, 6.07) is 65.3. The van der Waals surface area contributed by atoms with Gasteiger partial charge in [0.25, 0.3) is 0 Å². The van der Waals surface area contributed by atoms with Crippen LogP contribution in [0.4, 0.5) is 11.4 Å². The van der Waals surface area contributed by atoms with E-state index in [0.29, 0.717) is 0 Å². The maximum Gasteiger partial charge on any atom is 0.135 e. The van der Waals surface area contributed by atoms with Gasteiger partial charge >= 0.3 is 0 Å². The second kappa shape index (κ2) is 14.7. The topological polar surface area (TPSA) is 16.4 Å². The molecule has 1 heterocycles. The van der Waals surface area contributed by atoms with E-state index in [2.05, 4.69) is 219 Å². The molecule has 0 saturated carbocycles. The van der Waals surface area contributed by atoms with Crippen LogP contribution in [0.3, 0.4) is 0 Å². The monoisotopic (exact) mass is 745 g/mol. The lowest BCUT2D eigenvalue weighted by molar-refractivity contribution is 0.587. The number of hydrogen-bond donors (Lipinski definition) is 0. The number of nitrogens with zero attached hydrogens (tertiary/aromatic N) is 1. The average molecular weight is 746 g/mol. The molecule has 0 aliphatic heterocycles. The van der Waals surface area contributed by atoms with Crippen molar-refractivity contribution >= 4 is 49.7 Å². The first kappa shape index (κ1) is 35.3. The van der Waals surface area contributed by atoms with Gasteiger partial charge in [-0.25, -0.2) is 0 Å². The highest BCUT2D eigenvalue weighted by molar-refractivity contribution is 6.07. The van der Waals surface area contributed by atoms with Gasteiger partial charge in [0.2, 0.25) is 0 Å². The smallest absolute Gasteiger partial charge is 0.135 e. The van der Waals surface area contributed by atoms with Crippen LogP contribution in [0.5, 0.6) is 0 Å². The summed E-state index contributed by atoms with van der Waals surface area (Å²) in [5.41, 5.74) is 15.9. The zero-order valence-corrected chi connectivity index (χ0v) is 32.8. The molecule has 0 fully saturated rings. The van der Waals surface area contributed by atoms with Crippen molar-refractivity contribution in [2.75, 3.05) is 4.90 Å². The van der Waals surface area contributed by atoms with Crippen LogP contribution in [-0.2, 0) is 0 Å². The average Bonchev–Trinajstić information content (AvgIpc) is 3.65. The first-order chi connectivity index (χ1) is 28.5. The third kappa shape index (κ3) is 6.24. The number of para-hydroxylation sites is 1. The Balaban J connectivity index is 1.01. The van der Waals surface area contributed by atoms with E-state index in [1.807, 2.05) is 6.07 Å². The SMILES string of the molecule is C=C(c1ccccc1)c1ccc(-c2ccc3oc4cc(C5C=CC=C(N(c6ccccc6)c6cccc7ccccc67)C5C)ccc4c3c2)cc1-c1ccccc1C. The molecule has 9 aromatic rings. The highest BCUT2D eigenvalue weighted by Crippen LogP contribution is 2.45. The standard InChI is InChI=1S/C56H43NO/c1-37-16-10-12-23-46(37)51-34-42(28-31-48(51)38(2)40-17-6-4-7-18-40)43-30-33-55-52(35-43)50-32-29-44(36-56(50)58-55)47-25-15-26-53(39(47)3)57(45-21-8-5-9-22-45)54-27-14-20-41-19-11-13-24-49(41)54/h4-36,39,47H,2H2,1,3H3. The lowest BCUT2D eigenvalue weighted by Crippen LogP contribution is -2.26. The largest absolute Gasteiger partial charge is 0.456 e. The number of allylic oxidation sites excluding steroid dienone is 4. The molecule has 2 atom stereocenters. The summed E-state index contributed by atoms with van der Waals surface area (Å²) in [5.74, 6) is 0.361. The molecule has 278 valence electrons. The molecule has 0 spiro atoms. The molecule has 0 N–H and O–H groups in total. The Labute approximate surface area is 340 Å². The van der Waals surface area contributed by atoms with Gasteiger partial charge in [0, 0.05) is 39.4 Å². The Kier molecular flexibility index (Phi) is 8.96. The molecular weight excluding hydrogens is 703 g/mol. The van der Waals surface area contributed by atoms with Gasteiger partial charge in [-0.2, -0.15) is 0 Å². The van der Waals surface area contributed by atoms with Crippen molar-refractivity contribution in [2.45, 2.75) is 19.8 Å². The van der Waals surface area contributed by atoms with Gasteiger partial charge in [0.1, 0.15) is 11.2 Å². The molecule has 1 aliphatic rings. The van der Waals surface area contributed by atoms with E-state index in [1.165, 1.54) is 44.4 Å². The van der Waals surface area contributed by atoms with E-state index in [4.69, 9.17) is 4.42 Å². The first-order valence-electron chi connectivity index (χ1n) is 20.1. The van der Waals surface area contributed by atoms with Crippen LogP contribution in [0.2, 0.25) is 0 Å². The number of hydrogen-bond acceptors (Lipinski definition) is 2. The van der Waals surface area contributed by atoms with Gasteiger partial charge in [-0.3, -0.25) is 0 Å². The maximum atomic E-state index is 6.62. The predicted octanol–water partition coefficient (Wildman–Crippen LogP) is 15.5. The van der Waals surface area contributed by atoms with Crippen LogP contribution in [0.15, 0.2) is 217 Å². The molecule has 1 aliphatic carbocycles. The lowest BCUT2D eigenvalue weighted by atomic mass is 9.81. The van der Waals surface area contributed by atoms with Crippen molar-refractivity contribution in [1.29, 1.82) is 0 Å². The van der Waals surface area contributed by atoms with Crippen molar-refractivity contribution in [1.82, 2.24) is 0 Å². The minimum absolute atomic E-state index is 0.165. The fourth-order valence-electron chi connectivity index (χ4n) is 8.92. The fraction of sp³-hybridized carbons (Fsp3) is 0.0714. The van der Waals surface area contributed by atoms with Crippen LogP contribution in [0.25, 0.3) is 60.5 Å². The van der Waals surface area contributed by atoms with Crippen LogP contribution < -0.4 is 4.90 Å². The summed E-state index contributed by atoms with van der Waals surface area (Å²) in [4.78, 5) is 2.44. The Morgan fingerprint density at radius 2 is 1.31 bits per heavy atom. The molecule has 0 amide bonds. The predicted molar refractivity (Wildman–Crippen MR) is 246 cm³/mol. The Morgan fingerprint density at radius 3 is 2.16 bits per heavy atom. The van der Waals surface area contributed by atoms with E-state index in [-0.39, 0.29) is 11.8 Å².